The zero-order valence-electron chi connectivity index (χ0n) is 29.9. The van der Waals surface area contributed by atoms with Gasteiger partial charge < -0.3 is 13.9 Å². The van der Waals surface area contributed by atoms with Crippen molar-refractivity contribution >= 4 is 71.6 Å². The van der Waals surface area contributed by atoms with Crippen LogP contribution in [0.5, 0.6) is 0 Å². The van der Waals surface area contributed by atoms with Crippen LogP contribution in [0.3, 0.4) is 0 Å². The predicted octanol–water partition coefficient (Wildman–Crippen LogP) is 14.6. The lowest BCUT2D eigenvalue weighted by Crippen LogP contribution is -2.10. The molecule has 0 saturated carbocycles. The van der Waals surface area contributed by atoms with Gasteiger partial charge in [-0.25, -0.2) is 0 Å². The summed E-state index contributed by atoms with van der Waals surface area (Å²) in [5.41, 5.74) is 13.3. The number of aromatic nitrogens is 1. The van der Waals surface area contributed by atoms with Gasteiger partial charge in [0.05, 0.1) is 11.0 Å². The molecule has 3 nitrogen and oxygen atoms in total. The van der Waals surface area contributed by atoms with Gasteiger partial charge in [0.1, 0.15) is 11.2 Å². The fourth-order valence-corrected chi connectivity index (χ4v) is 8.47. The van der Waals surface area contributed by atoms with E-state index in [-0.39, 0.29) is 0 Å². The molecule has 0 saturated heterocycles. The van der Waals surface area contributed by atoms with E-state index in [2.05, 4.69) is 216 Å². The third kappa shape index (κ3) is 5.13. The van der Waals surface area contributed by atoms with Gasteiger partial charge in [0, 0.05) is 44.3 Å². The van der Waals surface area contributed by atoms with E-state index in [1.807, 2.05) is 0 Å². The van der Waals surface area contributed by atoms with Crippen molar-refractivity contribution in [3.8, 4) is 27.9 Å². The Labute approximate surface area is 318 Å². The molecule has 0 amide bonds. The Balaban J connectivity index is 1.12. The second kappa shape index (κ2) is 12.6. The molecule has 3 heteroatoms. The minimum Gasteiger partial charge on any atom is -0.456 e. The molecule has 0 spiro atoms. The fraction of sp³-hybridized carbons (Fsp3) is 0. The largest absolute Gasteiger partial charge is 0.456 e. The number of benzene rings is 9. The van der Waals surface area contributed by atoms with Crippen molar-refractivity contribution in [2.75, 3.05) is 4.90 Å². The standard InChI is InChI=1S/C52H34N2O/c1-3-13-35(14-4-1)42-18-9-10-19-43(42)37-23-26-39(27-24-37)53(41-29-32-50-47(34-41)52-44-20-8-7-15-36(44)25-31-51(52)55-50)40-28-30-49-46(33-40)45-21-11-12-22-48(45)54(49)38-16-5-2-6-17-38/h1-34H. The van der Waals surface area contributed by atoms with Crippen LogP contribution in [0.15, 0.2) is 211 Å². The number of anilines is 3. The van der Waals surface area contributed by atoms with Crippen molar-refractivity contribution in [2.24, 2.45) is 0 Å². The van der Waals surface area contributed by atoms with Crippen LogP contribution in [-0.4, -0.2) is 4.57 Å². The normalized spacial score (nSPS) is 11.6. The molecule has 0 radical (unpaired) electrons. The van der Waals surface area contributed by atoms with Gasteiger partial charge in [-0.3, -0.25) is 0 Å². The Hall–Kier alpha value is -7.36. The predicted molar refractivity (Wildman–Crippen MR) is 231 cm³/mol. The highest BCUT2D eigenvalue weighted by Crippen LogP contribution is 2.43. The Morgan fingerprint density at radius 3 is 1.71 bits per heavy atom. The molecule has 0 atom stereocenters. The van der Waals surface area contributed by atoms with Crippen molar-refractivity contribution in [1.29, 1.82) is 0 Å². The van der Waals surface area contributed by atoms with Crippen molar-refractivity contribution in [3.63, 3.8) is 0 Å². The molecule has 0 N–H and O–H groups in total. The first-order valence-corrected chi connectivity index (χ1v) is 18.8. The molecular formula is C52H34N2O. The zero-order valence-corrected chi connectivity index (χ0v) is 29.9. The molecule has 258 valence electrons. The third-order valence-electron chi connectivity index (χ3n) is 11.0. The number of hydrogen-bond acceptors (Lipinski definition) is 2. The highest BCUT2D eigenvalue weighted by molar-refractivity contribution is 6.19. The molecular weight excluding hydrogens is 669 g/mol. The Morgan fingerprint density at radius 2 is 0.927 bits per heavy atom. The van der Waals surface area contributed by atoms with E-state index in [1.54, 1.807) is 0 Å². The number of rotatable bonds is 6. The van der Waals surface area contributed by atoms with Gasteiger partial charge in [-0.15, -0.1) is 0 Å². The number of fused-ring (bicyclic) bond motifs is 8. The summed E-state index contributed by atoms with van der Waals surface area (Å²) in [4.78, 5) is 2.38. The Bertz CT molecular complexity index is 3190. The first-order valence-electron chi connectivity index (χ1n) is 18.8. The molecule has 9 aromatic carbocycles. The summed E-state index contributed by atoms with van der Waals surface area (Å²) in [5, 5.41) is 7.06. The van der Waals surface area contributed by atoms with Crippen LogP contribution in [0, 0.1) is 0 Å². The summed E-state index contributed by atoms with van der Waals surface area (Å²) in [7, 11) is 0. The van der Waals surface area contributed by atoms with Crippen molar-refractivity contribution in [3.05, 3.63) is 206 Å². The molecule has 55 heavy (non-hydrogen) atoms. The zero-order chi connectivity index (χ0) is 36.3. The summed E-state index contributed by atoms with van der Waals surface area (Å²) in [6.45, 7) is 0. The molecule has 0 bridgehead atoms. The quantitative estimate of drug-likeness (QED) is 0.172. The lowest BCUT2D eigenvalue weighted by molar-refractivity contribution is 0.669. The number of para-hydroxylation sites is 2. The first-order chi connectivity index (χ1) is 27.3. The van der Waals surface area contributed by atoms with Gasteiger partial charge in [0.25, 0.3) is 0 Å². The molecule has 2 heterocycles. The van der Waals surface area contributed by atoms with E-state index in [1.165, 1.54) is 54.8 Å². The maximum absolute atomic E-state index is 6.45. The third-order valence-corrected chi connectivity index (χ3v) is 11.0. The average molecular weight is 703 g/mol. The van der Waals surface area contributed by atoms with Crippen LogP contribution in [0.25, 0.3) is 82.5 Å². The van der Waals surface area contributed by atoms with Crippen molar-refractivity contribution in [2.45, 2.75) is 0 Å². The van der Waals surface area contributed by atoms with Gasteiger partial charge in [-0.05, 0) is 106 Å². The fourth-order valence-electron chi connectivity index (χ4n) is 8.47. The number of nitrogens with zero attached hydrogens (tertiary/aromatic N) is 2. The smallest absolute Gasteiger partial charge is 0.136 e. The summed E-state index contributed by atoms with van der Waals surface area (Å²) in [6.07, 6.45) is 0. The molecule has 0 unspecified atom stereocenters. The van der Waals surface area contributed by atoms with Gasteiger partial charge in [-0.2, -0.15) is 0 Å². The van der Waals surface area contributed by atoms with Crippen LogP contribution < -0.4 is 4.90 Å². The summed E-state index contributed by atoms with van der Waals surface area (Å²) < 4.78 is 8.82. The van der Waals surface area contributed by atoms with Crippen molar-refractivity contribution < 1.29 is 4.42 Å². The van der Waals surface area contributed by atoms with Gasteiger partial charge in [0.2, 0.25) is 0 Å². The van der Waals surface area contributed by atoms with Gasteiger partial charge >= 0.3 is 0 Å². The molecule has 2 aromatic heterocycles. The van der Waals surface area contributed by atoms with Gasteiger partial charge in [0.15, 0.2) is 0 Å². The van der Waals surface area contributed by atoms with E-state index in [0.29, 0.717) is 0 Å². The van der Waals surface area contributed by atoms with Crippen LogP contribution in [0.1, 0.15) is 0 Å². The second-order valence-corrected chi connectivity index (χ2v) is 14.1. The Morgan fingerprint density at radius 1 is 0.364 bits per heavy atom. The maximum Gasteiger partial charge on any atom is 0.136 e. The second-order valence-electron chi connectivity index (χ2n) is 14.1. The topological polar surface area (TPSA) is 21.3 Å². The van der Waals surface area contributed by atoms with Crippen molar-refractivity contribution in [1.82, 2.24) is 4.57 Å². The van der Waals surface area contributed by atoms with E-state index >= 15 is 0 Å². The lowest BCUT2D eigenvalue weighted by atomic mass is 9.94. The summed E-state index contributed by atoms with van der Waals surface area (Å²) >= 11 is 0. The minimum atomic E-state index is 0.879. The van der Waals surface area contributed by atoms with E-state index in [0.717, 1.165) is 44.7 Å². The van der Waals surface area contributed by atoms with Crippen LogP contribution in [0.2, 0.25) is 0 Å². The molecule has 0 aliphatic rings. The molecule has 0 aliphatic heterocycles. The average Bonchev–Trinajstić information content (AvgIpc) is 3.80. The van der Waals surface area contributed by atoms with Crippen LogP contribution >= 0.6 is 0 Å². The first kappa shape index (κ1) is 31.2. The summed E-state index contributed by atoms with van der Waals surface area (Å²) in [6, 6.07) is 73.9. The van der Waals surface area contributed by atoms with E-state index < -0.39 is 0 Å². The van der Waals surface area contributed by atoms with Crippen LogP contribution in [0.4, 0.5) is 17.1 Å². The minimum absolute atomic E-state index is 0.879. The van der Waals surface area contributed by atoms with E-state index in [9.17, 15) is 0 Å². The molecule has 0 fully saturated rings. The lowest BCUT2D eigenvalue weighted by Gasteiger charge is -2.26. The molecule has 11 aromatic rings. The maximum atomic E-state index is 6.45. The number of hydrogen-bond donors (Lipinski definition) is 0. The van der Waals surface area contributed by atoms with Gasteiger partial charge in [-0.1, -0.05) is 133 Å². The SMILES string of the molecule is c1ccc(-c2ccccc2-c2ccc(N(c3ccc4oc5ccc6ccccc6c5c4c3)c3ccc4c(c3)c3ccccc3n4-c3ccccc3)cc2)cc1. The number of furan rings is 1. The molecule has 11 rings (SSSR count). The Kier molecular flexibility index (Phi) is 7.17. The highest BCUT2D eigenvalue weighted by atomic mass is 16.3. The summed E-state index contributed by atoms with van der Waals surface area (Å²) in [5.74, 6) is 0. The van der Waals surface area contributed by atoms with E-state index in [4.69, 9.17) is 4.42 Å². The van der Waals surface area contributed by atoms with Crippen LogP contribution in [-0.2, 0) is 0 Å². The molecule has 0 aliphatic carbocycles. The highest BCUT2D eigenvalue weighted by Gasteiger charge is 2.20. The monoisotopic (exact) mass is 702 g/mol.